The van der Waals surface area contributed by atoms with E-state index in [0.29, 0.717) is 0 Å². The van der Waals surface area contributed by atoms with Crippen molar-refractivity contribution in [2.24, 2.45) is 0 Å². The average molecular weight is 517 g/mol. The highest BCUT2D eigenvalue weighted by Gasteiger charge is 2.31. The summed E-state index contributed by atoms with van der Waals surface area (Å²) in [4.78, 5) is 92.9. The fourth-order valence-electron chi connectivity index (χ4n) is 3.00. The number of carbonyl (C=O) groups is 8. The Bertz CT molecular complexity index is 907. The van der Waals surface area contributed by atoms with E-state index in [1.165, 1.54) is 0 Å². The Hall–Kier alpha value is -4.28. The lowest BCUT2D eigenvalue weighted by molar-refractivity contribution is -0.147. The van der Waals surface area contributed by atoms with E-state index >= 15 is 0 Å². The Labute approximate surface area is 203 Å². The van der Waals surface area contributed by atoms with E-state index in [1.807, 2.05) is 10.6 Å². The first-order valence-electron chi connectivity index (χ1n) is 10.6. The second kappa shape index (κ2) is 14.2. The lowest BCUT2D eigenvalue weighted by Crippen LogP contribution is -2.56. The molecule has 0 spiro atoms. The predicted octanol–water partition coefficient (Wildman–Crippen LogP) is -4.75. The summed E-state index contributed by atoms with van der Waals surface area (Å²) in [7, 11) is 0. The molecule has 17 nitrogen and oxygen atoms in total. The average Bonchev–Trinajstić information content (AvgIpc) is 3.23. The lowest BCUT2D eigenvalue weighted by Gasteiger charge is -2.21. The minimum absolute atomic E-state index is 0.105. The van der Waals surface area contributed by atoms with Gasteiger partial charge in [-0.15, -0.1) is 0 Å². The van der Waals surface area contributed by atoms with Crippen LogP contribution in [0.1, 0.15) is 32.1 Å². The van der Waals surface area contributed by atoms with Crippen LogP contribution in [0.25, 0.3) is 0 Å². The third kappa shape index (κ3) is 10.3. The number of amides is 5. The van der Waals surface area contributed by atoms with Gasteiger partial charge in [0.05, 0.1) is 19.6 Å². The molecule has 0 aromatic heterocycles. The molecule has 17 heteroatoms. The molecule has 36 heavy (non-hydrogen) atoms. The molecule has 0 aliphatic carbocycles. The lowest BCUT2D eigenvalue weighted by atomic mass is 10.1. The third-order valence-corrected chi connectivity index (χ3v) is 4.84. The first-order valence-corrected chi connectivity index (χ1v) is 10.6. The number of hydrogen-bond donors (Lipinski definition) is 9. The molecule has 4 unspecified atom stereocenters. The number of nitrogens with one attached hydrogen (secondary N) is 5. The highest BCUT2D eigenvalue weighted by Crippen LogP contribution is 2.08. The van der Waals surface area contributed by atoms with Crippen LogP contribution in [0.5, 0.6) is 0 Å². The fraction of sp³-hybridized carbons (Fsp3) is 0.579. The smallest absolute Gasteiger partial charge is 0.326 e. The van der Waals surface area contributed by atoms with Crippen molar-refractivity contribution in [3.63, 3.8) is 0 Å². The van der Waals surface area contributed by atoms with E-state index in [0.717, 1.165) is 0 Å². The molecule has 1 fully saturated rings. The second-order valence-electron chi connectivity index (χ2n) is 7.67. The maximum absolute atomic E-state index is 12.5. The van der Waals surface area contributed by atoms with Gasteiger partial charge in [-0.2, -0.15) is 0 Å². The van der Waals surface area contributed by atoms with E-state index in [4.69, 9.17) is 15.3 Å². The molecule has 1 rings (SSSR count). The zero-order chi connectivity index (χ0) is 27.4. The van der Waals surface area contributed by atoms with Crippen LogP contribution in [0.2, 0.25) is 0 Å². The summed E-state index contributed by atoms with van der Waals surface area (Å²) >= 11 is 0. The summed E-state index contributed by atoms with van der Waals surface area (Å²) in [5, 5.41) is 46.6. The van der Waals surface area contributed by atoms with Crippen molar-refractivity contribution in [1.82, 2.24) is 26.6 Å². The summed E-state index contributed by atoms with van der Waals surface area (Å²) < 4.78 is 0. The van der Waals surface area contributed by atoms with Crippen LogP contribution in [-0.2, 0) is 38.4 Å². The van der Waals surface area contributed by atoms with E-state index in [-0.39, 0.29) is 25.2 Å². The molecule has 0 bridgehead atoms. The van der Waals surface area contributed by atoms with Crippen LogP contribution < -0.4 is 26.6 Å². The summed E-state index contributed by atoms with van der Waals surface area (Å²) in [6.07, 6.45) is -1.52. The zero-order valence-electron chi connectivity index (χ0n) is 18.8. The van der Waals surface area contributed by atoms with Crippen molar-refractivity contribution in [1.29, 1.82) is 0 Å². The Morgan fingerprint density at radius 3 is 2.06 bits per heavy atom. The van der Waals surface area contributed by atoms with Gasteiger partial charge in [0.1, 0.15) is 24.2 Å². The molecule has 0 aromatic rings. The van der Waals surface area contributed by atoms with Gasteiger partial charge in [-0.05, 0) is 12.8 Å². The van der Waals surface area contributed by atoms with Gasteiger partial charge in [0.15, 0.2) is 0 Å². The topological polar surface area (TPSA) is 278 Å². The molecule has 5 amide bonds. The van der Waals surface area contributed by atoms with E-state index < -0.39 is 91.7 Å². The van der Waals surface area contributed by atoms with Crippen molar-refractivity contribution in [3.8, 4) is 0 Å². The maximum atomic E-state index is 12.5. The van der Waals surface area contributed by atoms with Crippen LogP contribution in [0.3, 0.4) is 0 Å². The van der Waals surface area contributed by atoms with Crippen molar-refractivity contribution >= 4 is 47.4 Å². The number of hydrogen-bond acceptors (Lipinski definition) is 9. The molecule has 0 saturated carbocycles. The van der Waals surface area contributed by atoms with Crippen molar-refractivity contribution in [3.05, 3.63) is 0 Å². The third-order valence-electron chi connectivity index (χ3n) is 4.84. The fourth-order valence-corrected chi connectivity index (χ4v) is 3.00. The Balaban J connectivity index is 2.68. The van der Waals surface area contributed by atoms with Gasteiger partial charge in [0.2, 0.25) is 29.5 Å². The van der Waals surface area contributed by atoms with Crippen LogP contribution in [0, 0.1) is 0 Å². The standard InChI is InChI=1S/C19H27N5O12/c25-7-11(18(34)24-10(19(35)36)5-15(30)31)22-13(27)6-20-16(32)8(2-4-14(28)29)23-17(33)9-1-3-12(26)21-9/h8-11,25H,1-7H2,(H,20,32)(H,21,26)(H,22,27)(H,23,33)(H,24,34)(H,28,29)(H,30,31)(H,35,36). The second-order valence-corrected chi connectivity index (χ2v) is 7.67. The quantitative estimate of drug-likeness (QED) is 0.0990. The molecule has 4 atom stereocenters. The van der Waals surface area contributed by atoms with Crippen molar-refractivity contribution < 1.29 is 58.8 Å². The van der Waals surface area contributed by atoms with E-state index in [1.54, 1.807) is 0 Å². The minimum atomic E-state index is -1.83. The van der Waals surface area contributed by atoms with Gasteiger partial charge in [-0.1, -0.05) is 0 Å². The highest BCUT2D eigenvalue weighted by atomic mass is 16.4. The van der Waals surface area contributed by atoms with Gasteiger partial charge < -0.3 is 47.0 Å². The molecule has 1 saturated heterocycles. The Morgan fingerprint density at radius 2 is 1.56 bits per heavy atom. The molecule has 200 valence electrons. The molecular weight excluding hydrogens is 490 g/mol. The number of carboxylic acid groups (broad SMARTS) is 3. The van der Waals surface area contributed by atoms with Crippen molar-refractivity contribution in [2.75, 3.05) is 13.2 Å². The summed E-state index contributed by atoms with van der Waals surface area (Å²) in [5.41, 5.74) is 0. The Morgan fingerprint density at radius 1 is 0.889 bits per heavy atom. The van der Waals surface area contributed by atoms with Crippen molar-refractivity contribution in [2.45, 2.75) is 56.3 Å². The number of rotatable bonds is 15. The minimum Gasteiger partial charge on any atom is -0.481 e. The molecule has 1 heterocycles. The van der Waals surface area contributed by atoms with Gasteiger partial charge in [0.25, 0.3) is 0 Å². The molecular formula is C19H27N5O12. The number of aliphatic hydroxyl groups is 1. The monoisotopic (exact) mass is 517 g/mol. The molecule has 0 aromatic carbocycles. The molecule has 1 aliphatic heterocycles. The molecule has 1 aliphatic rings. The van der Waals surface area contributed by atoms with Crippen LogP contribution in [0.15, 0.2) is 0 Å². The normalized spacial score (nSPS) is 17.0. The van der Waals surface area contributed by atoms with Crippen LogP contribution in [0.4, 0.5) is 0 Å². The largest absolute Gasteiger partial charge is 0.481 e. The van der Waals surface area contributed by atoms with Gasteiger partial charge >= 0.3 is 17.9 Å². The molecule has 0 radical (unpaired) electrons. The number of carbonyl (C=O) groups excluding carboxylic acids is 5. The number of carboxylic acids is 3. The summed E-state index contributed by atoms with van der Waals surface area (Å²) in [6.45, 7) is -1.77. The first kappa shape index (κ1) is 29.8. The zero-order valence-corrected chi connectivity index (χ0v) is 18.8. The highest BCUT2D eigenvalue weighted by molar-refractivity contribution is 5.96. The maximum Gasteiger partial charge on any atom is 0.326 e. The van der Waals surface area contributed by atoms with Gasteiger partial charge in [-0.25, -0.2) is 4.79 Å². The Kier molecular flexibility index (Phi) is 11.7. The summed E-state index contributed by atoms with van der Waals surface area (Å²) in [6, 6.07) is -5.79. The van der Waals surface area contributed by atoms with E-state index in [9.17, 15) is 43.5 Å². The SMILES string of the molecule is O=C(O)CCC(NC(=O)C1CCC(=O)N1)C(=O)NCC(=O)NC(CO)C(=O)NC(CC(=O)O)C(=O)O. The van der Waals surface area contributed by atoms with E-state index in [2.05, 4.69) is 16.0 Å². The summed E-state index contributed by atoms with van der Waals surface area (Å²) in [5.74, 6) is -8.68. The predicted molar refractivity (Wildman–Crippen MR) is 114 cm³/mol. The number of aliphatic carboxylic acids is 3. The molecule has 9 N–H and O–H groups in total. The van der Waals surface area contributed by atoms with Crippen LogP contribution >= 0.6 is 0 Å². The van der Waals surface area contributed by atoms with Crippen LogP contribution in [-0.4, -0.2) is 105 Å². The van der Waals surface area contributed by atoms with Gasteiger partial charge in [0, 0.05) is 12.8 Å². The van der Waals surface area contributed by atoms with Gasteiger partial charge in [-0.3, -0.25) is 33.6 Å². The number of aliphatic hydroxyl groups excluding tert-OH is 1. The first-order chi connectivity index (χ1) is 16.8.